The quantitative estimate of drug-likeness (QED) is 0.309. The van der Waals surface area contributed by atoms with Gasteiger partial charge in [-0.15, -0.1) is 6.58 Å². The number of anilines is 1. The third-order valence-corrected chi connectivity index (χ3v) is 7.90. The normalized spacial score (nSPS) is 15.6. The smallest absolute Gasteiger partial charge is 0.355 e. The summed E-state index contributed by atoms with van der Waals surface area (Å²) in [4.78, 5) is 38.8. The highest BCUT2D eigenvalue weighted by Gasteiger charge is 2.29. The lowest BCUT2D eigenvalue weighted by atomic mass is 10.0. The van der Waals surface area contributed by atoms with Gasteiger partial charge in [-0.2, -0.15) is 4.98 Å². The van der Waals surface area contributed by atoms with Crippen LogP contribution in [0.5, 0.6) is 5.75 Å². The fraction of sp³-hybridized carbons (Fsp3) is 0.312. The van der Waals surface area contributed by atoms with E-state index >= 15 is 4.39 Å². The number of aromatic nitrogens is 3. The Balaban J connectivity index is 1.81. The second kappa shape index (κ2) is 11.9. The number of hydrogen-bond donors (Lipinski definition) is 2. The largest absolute Gasteiger partial charge is 0.507 e. The maximum atomic E-state index is 15.9. The molecule has 43 heavy (non-hydrogen) atoms. The lowest BCUT2D eigenvalue weighted by Crippen LogP contribution is -2.52. The van der Waals surface area contributed by atoms with E-state index in [9.17, 15) is 19.1 Å². The van der Waals surface area contributed by atoms with Crippen molar-refractivity contribution in [3.8, 4) is 22.7 Å². The van der Waals surface area contributed by atoms with Gasteiger partial charge in [-0.05, 0) is 55.7 Å². The highest BCUT2D eigenvalue weighted by Crippen LogP contribution is 2.36. The van der Waals surface area contributed by atoms with Gasteiger partial charge in [-0.25, -0.2) is 23.1 Å². The molecular weight excluding hydrogens is 554 g/mol. The maximum absolute atomic E-state index is 15.9. The van der Waals surface area contributed by atoms with E-state index in [1.807, 2.05) is 43.9 Å². The molecule has 9 nitrogen and oxygen atoms in total. The summed E-state index contributed by atoms with van der Waals surface area (Å²) in [5.74, 6) is -2.13. The molecule has 1 aliphatic rings. The van der Waals surface area contributed by atoms with E-state index in [1.165, 1.54) is 29.7 Å². The van der Waals surface area contributed by atoms with E-state index in [4.69, 9.17) is 0 Å². The van der Waals surface area contributed by atoms with Crippen LogP contribution >= 0.6 is 0 Å². The van der Waals surface area contributed by atoms with Gasteiger partial charge in [0, 0.05) is 45.7 Å². The summed E-state index contributed by atoms with van der Waals surface area (Å²) in [5, 5.41) is 13.5. The lowest BCUT2D eigenvalue weighted by molar-refractivity contribution is -0.119. The van der Waals surface area contributed by atoms with Gasteiger partial charge in [0.1, 0.15) is 23.1 Å². The third kappa shape index (κ3) is 5.60. The monoisotopic (exact) mass is 588 g/mol. The van der Waals surface area contributed by atoms with Gasteiger partial charge in [-0.1, -0.05) is 24.3 Å². The maximum Gasteiger partial charge on any atom is 0.355 e. The Morgan fingerprint density at radius 3 is 2.60 bits per heavy atom. The number of halogens is 2. The van der Waals surface area contributed by atoms with E-state index in [0.29, 0.717) is 37.4 Å². The average molecular weight is 589 g/mol. The van der Waals surface area contributed by atoms with E-state index in [0.717, 1.165) is 17.2 Å². The van der Waals surface area contributed by atoms with Gasteiger partial charge in [0.15, 0.2) is 11.5 Å². The Kier molecular flexibility index (Phi) is 8.27. The third-order valence-electron chi connectivity index (χ3n) is 7.90. The minimum atomic E-state index is -0.869. The van der Waals surface area contributed by atoms with Gasteiger partial charge in [0.2, 0.25) is 5.91 Å². The molecule has 1 aliphatic heterocycles. The highest BCUT2D eigenvalue weighted by atomic mass is 19.1. The summed E-state index contributed by atoms with van der Waals surface area (Å²) >= 11 is 0. The Labute approximate surface area is 248 Å². The standard InChI is InChI=1S/C32H34F2N6O3/c1-6-12-38-13-14-39(19(3)17-38)30-23-15-25(34)28(27-24(33)8-7-9-26(27)42)36-31(23)40(32(43)37-30)29-18(2)10-11-22(20(29)4)16-35-21(5)41/h6-11,15,19,42H,1,12-14,16-17H2,2-5H3,(H,35,41)/t19-/m0/s1. The van der Waals surface area contributed by atoms with Gasteiger partial charge >= 0.3 is 5.69 Å². The molecule has 0 saturated carbocycles. The molecule has 5 rings (SSSR count). The number of carbonyl (C=O) groups is 1. The van der Waals surface area contributed by atoms with Crippen LogP contribution in [0.25, 0.3) is 28.0 Å². The van der Waals surface area contributed by atoms with Crippen molar-refractivity contribution in [1.29, 1.82) is 0 Å². The van der Waals surface area contributed by atoms with Crippen molar-refractivity contribution in [2.24, 2.45) is 0 Å². The van der Waals surface area contributed by atoms with Crippen LogP contribution in [0.2, 0.25) is 0 Å². The molecule has 11 heteroatoms. The fourth-order valence-corrected chi connectivity index (χ4v) is 5.78. The summed E-state index contributed by atoms with van der Waals surface area (Å²) in [7, 11) is 0. The number of aromatic hydroxyl groups is 1. The van der Waals surface area contributed by atoms with Crippen LogP contribution in [0, 0.1) is 25.5 Å². The molecule has 1 amide bonds. The van der Waals surface area contributed by atoms with Gasteiger partial charge < -0.3 is 15.3 Å². The number of fused-ring (bicyclic) bond motifs is 1. The first kappa shape index (κ1) is 29.8. The topological polar surface area (TPSA) is 104 Å². The first-order valence-corrected chi connectivity index (χ1v) is 14.1. The number of benzene rings is 2. The molecule has 1 saturated heterocycles. The Morgan fingerprint density at radius 2 is 1.93 bits per heavy atom. The number of rotatable bonds is 7. The second-order valence-electron chi connectivity index (χ2n) is 10.9. The number of carbonyl (C=O) groups excluding carboxylic acids is 1. The fourth-order valence-electron chi connectivity index (χ4n) is 5.78. The number of amides is 1. The van der Waals surface area contributed by atoms with Crippen LogP contribution in [-0.2, 0) is 11.3 Å². The second-order valence-corrected chi connectivity index (χ2v) is 10.9. The number of nitrogens with one attached hydrogen (secondary N) is 1. The zero-order valence-corrected chi connectivity index (χ0v) is 24.6. The van der Waals surface area contributed by atoms with Crippen molar-refractivity contribution in [1.82, 2.24) is 24.8 Å². The summed E-state index contributed by atoms with van der Waals surface area (Å²) < 4.78 is 32.1. The molecular formula is C32H34F2N6O3. The summed E-state index contributed by atoms with van der Waals surface area (Å²) in [6, 6.07) is 8.48. The van der Waals surface area contributed by atoms with Crippen molar-refractivity contribution in [3.63, 3.8) is 0 Å². The summed E-state index contributed by atoms with van der Waals surface area (Å²) in [6.07, 6.45) is 1.83. The molecule has 224 valence electrons. The van der Waals surface area contributed by atoms with Gasteiger partial charge in [0.05, 0.1) is 16.6 Å². The lowest BCUT2D eigenvalue weighted by Gasteiger charge is -2.40. The molecule has 4 aromatic rings. The molecule has 3 heterocycles. The molecule has 0 aliphatic carbocycles. The molecule has 0 bridgehead atoms. The minimum Gasteiger partial charge on any atom is -0.507 e. The van der Waals surface area contributed by atoms with Crippen LogP contribution in [0.1, 0.15) is 30.5 Å². The first-order chi connectivity index (χ1) is 20.5. The van der Waals surface area contributed by atoms with E-state index in [1.54, 1.807) is 0 Å². The number of phenols is 1. The number of aryl methyl sites for hydroxylation is 1. The number of pyridine rings is 1. The van der Waals surface area contributed by atoms with Crippen molar-refractivity contribution in [3.05, 3.63) is 87.9 Å². The van der Waals surface area contributed by atoms with Crippen molar-refractivity contribution in [2.45, 2.75) is 40.3 Å². The zero-order valence-electron chi connectivity index (χ0n) is 24.6. The van der Waals surface area contributed by atoms with E-state index < -0.39 is 34.3 Å². The molecule has 0 spiro atoms. The van der Waals surface area contributed by atoms with Gasteiger partial charge in [-0.3, -0.25) is 9.69 Å². The number of hydrogen-bond acceptors (Lipinski definition) is 7. The molecule has 2 aromatic carbocycles. The molecule has 2 N–H and O–H groups in total. The van der Waals surface area contributed by atoms with E-state index in [-0.39, 0.29) is 35.3 Å². The molecule has 1 fully saturated rings. The first-order valence-electron chi connectivity index (χ1n) is 14.1. The number of nitrogens with zero attached hydrogens (tertiary/aromatic N) is 5. The zero-order chi connectivity index (χ0) is 31.0. The highest BCUT2D eigenvalue weighted by molar-refractivity contribution is 5.91. The van der Waals surface area contributed by atoms with Crippen LogP contribution in [0.4, 0.5) is 14.6 Å². The van der Waals surface area contributed by atoms with Gasteiger partial charge in [0.25, 0.3) is 0 Å². The number of phenolic OH excluding ortho intramolecular Hbond substituents is 1. The molecule has 0 radical (unpaired) electrons. The van der Waals surface area contributed by atoms with Crippen LogP contribution in [0.3, 0.4) is 0 Å². The minimum absolute atomic E-state index is 0.0672. The Morgan fingerprint density at radius 1 is 1.16 bits per heavy atom. The molecule has 0 unspecified atom stereocenters. The van der Waals surface area contributed by atoms with Crippen LogP contribution in [0.15, 0.2) is 53.8 Å². The Hall–Kier alpha value is -4.64. The Bertz CT molecular complexity index is 1780. The summed E-state index contributed by atoms with van der Waals surface area (Å²) in [6.45, 7) is 13.7. The number of piperazine rings is 1. The SMILES string of the molecule is C=CCN1CCN(c2nc(=O)n(-c3c(C)ccc(CNC(C)=O)c3C)c3nc(-c4c(O)cccc4F)c(F)cc23)[C@@H](C)C1. The van der Waals surface area contributed by atoms with Crippen molar-refractivity contribution in [2.75, 3.05) is 31.1 Å². The molecule has 1 atom stereocenters. The predicted octanol–water partition coefficient (Wildman–Crippen LogP) is 4.38. The predicted molar refractivity (Wildman–Crippen MR) is 163 cm³/mol. The average Bonchev–Trinajstić information content (AvgIpc) is 2.94. The molecule has 2 aromatic heterocycles. The van der Waals surface area contributed by atoms with Crippen LogP contribution in [-0.4, -0.2) is 62.7 Å². The van der Waals surface area contributed by atoms with Crippen LogP contribution < -0.4 is 15.9 Å². The van der Waals surface area contributed by atoms with Crippen molar-refractivity contribution < 1.29 is 18.7 Å². The van der Waals surface area contributed by atoms with E-state index in [2.05, 4.69) is 26.8 Å². The summed E-state index contributed by atoms with van der Waals surface area (Å²) in [5.41, 5.74) is 1.24. The van der Waals surface area contributed by atoms with Crippen molar-refractivity contribution >= 4 is 22.8 Å².